The van der Waals surface area contributed by atoms with E-state index < -0.39 is 0 Å². The summed E-state index contributed by atoms with van der Waals surface area (Å²) in [5.41, 5.74) is 5.55. The molecular weight excluding hydrogens is 580 g/mol. The standard InChI is InChI=1S/C36H32N6O4/c1-45-27-15-13-26(14-16-27)33-22-32(38-34-23-31(39-42(33)34)25-8-3-2-4-9-25)36(44)41-19-17-40(18-20-41)35(43)29-11-5-6-12-30(29)37-24-28-10-7-21-46-28/h2-16,21-23,37H,17-20,24H2,1H3. The molecule has 4 heterocycles. The van der Waals surface area contributed by atoms with Gasteiger partial charge in [-0.3, -0.25) is 9.59 Å². The van der Waals surface area contributed by atoms with Crippen molar-refractivity contribution < 1.29 is 18.7 Å². The zero-order valence-corrected chi connectivity index (χ0v) is 25.3. The first-order valence-corrected chi connectivity index (χ1v) is 15.1. The highest BCUT2D eigenvalue weighted by Gasteiger charge is 2.28. The fourth-order valence-corrected chi connectivity index (χ4v) is 5.67. The normalized spacial score (nSPS) is 13.2. The van der Waals surface area contributed by atoms with Gasteiger partial charge in [0.05, 0.1) is 36.9 Å². The van der Waals surface area contributed by atoms with Crippen LogP contribution in [0.25, 0.3) is 28.2 Å². The topological polar surface area (TPSA) is 105 Å². The molecule has 3 aromatic heterocycles. The minimum atomic E-state index is -0.188. The Morgan fingerprint density at radius 2 is 1.52 bits per heavy atom. The van der Waals surface area contributed by atoms with E-state index in [0.717, 1.165) is 39.7 Å². The Labute approximate surface area is 265 Å². The maximum Gasteiger partial charge on any atom is 0.272 e. The fraction of sp³-hybridized carbons (Fsp3) is 0.167. The molecule has 1 saturated heterocycles. The zero-order chi connectivity index (χ0) is 31.5. The molecule has 0 atom stereocenters. The van der Waals surface area contributed by atoms with Gasteiger partial charge in [-0.1, -0.05) is 42.5 Å². The molecule has 10 nitrogen and oxygen atoms in total. The lowest BCUT2D eigenvalue weighted by molar-refractivity contribution is 0.0533. The first-order chi connectivity index (χ1) is 22.6. The summed E-state index contributed by atoms with van der Waals surface area (Å²) >= 11 is 0. The van der Waals surface area contributed by atoms with E-state index >= 15 is 0 Å². The van der Waals surface area contributed by atoms with Gasteiger partial charge < -0.3 is 24.3 Å². The van der Waals surface area contributed by atoms with E-state index in [1.807, 2.05) is 97.1 Å². The van der Waals surface area contributed by atoms with Crippen molar-refractivity contribution in [2.45, 2.75) is 6.54 Å². The predicted octanol–water partition coefficient (Wildman–Crippen LogP) is 5.88. The van der Waals surface area contributed by atoms with Crippen LogP contribution >= 0.6 is 0 Å². The summed E-state index contributed by atoms with van der Waals surface area (Å²) in [6.07, 6.45) is 1.62. The van der Waals surface area contributed by atoms with Crippen molar-refractivity contribution in [2.24, 2.45) is 0 Å². The summed E-state index contributed by atoms with van der Waals surface area (Å²) < 4.78 is 12.5. The number of para-hydroxylation sites is 1. The molecule has 0 unspecified atom stereocenters. The number of piperazine rings is 1. The summed E-state index contributed by atoms with van der Waals surface area (Å²) in [6, 6.07) is 32.4. The number of rotatable bonds is 8. The summed E-state index contributed by atoms with van der Waals surface area (Å²) in [6.45, 7) is 2.09. The molecule has 0 bridgehead atoms. The highest BCUT2D eigenvalue weighted by atomic mass is 16.5. The van der Waals surface area contributed by atoms with Crippen LogP contribution in [0.2, 0.25) is 0 Å². The van der Waals surface area contributed by atoms with Crippen molar-refractivity contribution in [3.8, 4) is 28.3 Å². The first-order valence-electron chi connectivity index (χ1n) is 15.1. The molecular formula is C36H32N6O4. The second-order valence-electron chi connectivity index (χ2n) is 11.0. The molecule has 0 aliphatic carbocycles. The number of nitrogens with one attached hydrogen (secondary N) is 1. The van der Waals surface area contributed by atoms with E-state index in [1.165, 1.54) is 0 Å². The predicted molar refractivity (Wildman–Crippen MR) is 175 cm³/mol. The van der Waals surface area contributed by atoms with Gasteiger partial charge in [-0.2, -0.15) is 5.10 Å². The SMILES string of the molecule is COc1ccc(-c2cc(C(=O)N3CCN(C(=O)c4ccccc4NCc4ccco4)CC3)nc3cc(-c4ccccc4)nn23)cc1. The van der Waals surface area contributed by atoms with Crippen molar-refractivity contribution in [3.05, 3.63) is 126 Å². The Bertz CT molecular complexity index is 1980. The number of hydrogen-bond acceptors (Lipinski definition) is 7. The van der Waals surface area contributed by atoms with E-state index in [1.54, 1.807) is 33.8 Å². The van der Waals surface area contributed by atoms with Crippen LogP contribution < -0.4 is 10.1 Å². The fourth-order valence-electron chi connectivity index (χ4n) is 5.67. The van der Waals surface area contributed by atoms with Crippen LogP contribution in [0.5, 0.6) is 5.75 Å². The molecule has 0 radical (unpaired) electrons. The van der Waals surface area contributed by atoms with Gasteiger partial charge in [-0.05, 0) is 54.6 Å². The lowest BCUT2D eigenvalue weighted by Gasteiger charge is -2.35. The lowest BCUT2D eigenvalue weighted by Crippen LogP contribution is -2.50. The van der Waals surface area contributed by atoms with Gasteiger partial charge in [0.1, 0.15) is 17.2 Å². The maximum absolute atomic E-state index is 13.9. The van der Waals surface area contributed by atoms with Crippen LogP contribution in [-0.4, -0.2) is 69.5 Å². The van der Waals surface area contributed by atoms with E-state index in [4.69, 9.17) is 19.2 Å². The van der Waals surface area contributed by atoms with Crippen LogP contribution in [0.15, 0.2) is 114 Å². The van der Waals surface area contributed by atoms with Crippen LogP contribution in [0.1, 0.15) is 26.6 Å². The molecule has 0 saturated carbocycles. The quantitative estimate of drug-likeness (QED) is 0.229. The van der Waals surface area contributed by atoms with Gasteiger partial charge in [0.25, 0.3) is 11.8 Å². The molecule has 3 aromatic carbocycles. The van der Waals surface area contributed by atoms with Crippen molar-refractivity contribution in [1.29, 1.82) is 0 Å². The Morgan fingerprint density at radius 3 is 2.24 bits per heavy atom. The summed E-state index contributed by atoms with van der Waals surface area (Å²) in [5, 5.41) is 8.16. The molecule has 10 heteroatoms. The number of nitrogens with zero attached hydrogens (tertiary/aromatic N) is 5. The van der Waals surface area contributed by atoms with Gasteiger partial charge in [0.15, 0.2) is 5.65 Å². The average molecular weight is 613 g/mol. The van der Waals surface area contributed by atoms with E-state index in [0.29, 0.717) is 49.6 Å². The van der Waals surface area contributed by atoms with Crippen molar-refractivity contribution in [2.75, 3.05) is 38.6 Å². The van der Waals surface area contributed by atoms with Crippen LogP contribution in [0.4, 0.5) is 5.69 Å². The summed E-state index contributed by atoms with van der Waals surface area (Å²) in [7, 11) is 1.63. The van der Waals surface area contributed by atoms with Crippen LogP contribution in [0.3, 0.4) is 0 Å². The molecule has 7 rings (SSSR count). The number of fused-ring (bicyclic) bond motifs is 1. The van der Waals surface area contributed by atoms with Crippen LogP contribution in [0, 0.1) is 0 Å². The minimum Gasteiger partial charge on any atom is -0.497 e. The molecule has 46 heavy (non-hydrogen) atoms. The van der Waals surface area contributed by atoms with Gasteiger partial charge in [0, 0.05) is 49.1 Å². The van der Waals surface area contributed by atoms with Gasteiger partial charge >= 0.3 is 0 Å². The third-order valence-corrected chi connectivity index (χ3v) is 8.15. The molecule has 1 aliphatic rings. The van der Waals surface area contributed by atoms with Gasteiger partial charge in [0.2, 0.25) is 0 Å². The zero-order valence-electron chi connectivity index (χ0n) is 25.3. The second kappa shape index (κ2) is 12.6. The highest BCUT2D eigenvalue weighted by molar-refractivity contribution is 6.00. The molecule has 0 spiro atoms. The minimum absolute atomic E-state index is 0.0799. The number of carbonyl (C=O) groups is 2. The van der Waals surface area contributed by atoms with Crippen molar-refractivity contribution >= 4 is 23.1 Å². The molecule has 1 aliphatic heterocycles. The molecule has 1 fully saturated rings. The van der Waals surface area contributed by atoms with E-state index in [9.17, 15) is 9.59 Å². The Kier molecular flexibility index (Phi) is 7.91. The second-order valence-corrected chi connectivity index (χ2v) is 11.0. The molecule has 230 valence electrons. The van der Waals surface area contributed by atoms with Crippen molar-refractivity contribution in [1.82, 2.24) is 24.4 Å². The largest absolute Gasteiger partial charge is 0.497 e. The molecule has 1 N–H and O–H groups in total. The molecule has 2 amide bonds. The monoisotopic (exact) mass is 612 g/mol. The van der Waals surface area contributed by atoms with E-state index in [2.05, 4.69) is 5.32 Å². The smallest absolute Gasteiger partial charge is 0.272 e. The number of furan rings is 1. The number of aromatic nitrogens is 3. The number of hydrogen-bond donors (Lipinski definition) is 1. The summed E-state index contributed by atoms with van der Waals surface area (Å²) in [5.74, 6) is 1.25. The number of amides is 2. The Balaban J connectivity index is 1.11. The number of anilines is 1. The third-order valence-electron chi connectivity index (χ3n) is 8.15. The van der Waals surface area contributed by atoms with Crippen molar-refractivity contribution in [3.63, 3.8) is 0 Å². The Morgan fingerprint density at radius 1 is 0.804 bits per heavy atom. The van der Waals surface area contributed by atoms with Gasteiger partial charge in [-0.15, -0.1) is 0 Å². The maximum atomic E-state index is 13.9. The third kappa shape index (κ3) is 5.80. The average Bonchev–Trinajstić information content (AvgIpc) is 3.81. The van der Waals surface area contributed by atoms with Gasteiger partial charge in [-0.25, -0.2) is 9.50 Å². The first kappa shape index (κ1) is 28.8. The molecule has 6 aromatic rings. The number of benzene rings is 3. The number of methoxy groups -OCH3 is 1. The number of ether oxygens (including phenoxy) is 1. The Hall–Kier alpha value is -5.90. The highest BCUT2D eigenvalue weighted by Crippen LogP contribution is 2.28. The summed E-state index contributed by atoms with van der Waals surface area (Å²) in [4.78, 5) is 35.8. The lowest BCUT2D eigenvalue weighted by atomic mass is 10.1. The van der Waals surface area contributed by atoms with Crippen LogP contribution in [-0.2, 0) is 6.54 Å². The van der Waals surface area contributed by atoms with E-state index in [-0.39, 0.29) is 11.8 Å². The number of carbonyl (C=O) groups excluding carboxylic acids is 2.